The van der Waals surface area contributed by atoms with E-state index in [0.29, 0.717) is 17.4 Å². The Morgan fingerprint density at radius 1 is 0.958 bits per heavy atom. The zero-order valence-corrected chi connectivity index (χ0v) is 14.2. The highest BCUT2D eigenvalue weighted by Gasteiger charge is 2.19. The van der Waals surface area contributed by atoms with E-state index in [1.807, 2.05) is 0 Å². The molecule has 0 heterocycles. The second-order valence-corrected chi connectivity index (χ2v) is 5.67. The molecule has 126 valence electrons. The van der Waals surface area contributed by atoms with Crippen LogP contribution in [0.15, 0.2) is 48.5 Å². The minimum atomic E-state index is -0.627. The summed E-state index contributed by atoms with van der Waals surface area (Å²) in [5.41, 5.74) is 0.360. The highest BCUT2D eigenvalue weighted by molar-refractivity contribution is 6.30. The molecule has 4 nitrogen and oxygen atoms in total. The summed E-state index contributed by atoms with van der Waals surface area (Å²) in [6.45, 7) is 2.41. The third-order valence-electron chi connectivity index (χ3n) is 3.35. The molecule has 0 amide bonds. The van der Waals surface area contributed by atoms with Crippen LogP contribution in [-0.4, -0.2) is 18.5 Å². The van der Waals surface area contributed by atoms with Crippen LogP contribution in [0.2, 0.25) is 5.02 Å². The predicted molar refractivity (Wildman–Crippen MR) is 92.7 cm³/mol. The van der Waals surface area contributed by atoms with Gasteiger partial charge in [-0.2, -0.15) is 0 Å². The van der Waals surface area contributed by atoms with E-state index in [0.717, 1.165) is 19.3 Å². The first-order valence-corrected chi connectivity index (χ1v) is 8.23. The van der Waals surface area contributed by atoms with Crippen molar-refractivity contribution in [3.63, 3.8) is 0 Å². The van der Waals surface area contributed by atoms with Crippen LogP contribution in [-0.2, 0) is 4.74 Å². The van der Waals surface area contributed by atoms with Crippen molar-refractivity contribution >= 4 is 23.5 Å². The first-order chi connectivity index (χ1) is 11.6. The lowest BCUT2D eigenvalue weighted by Crippen LogP contribution is -2.16. The smallest absolute Gasteiger partial charge is 0.344 e. The van der Waals surface area contributed by atoms with E-state index in [9.17, 15) is 9.59 Å². The summed E-state index contributed by atoms with van der Waals surface area (Å²) in [7, 11) is 0. The Kier molecular flexibility index (Phi) is 6.82. The van der Waals surface area contributed by atoms with Gasteiger partial charge in [0.1, 0.15) is 5.75 Å². The largest absolute Gasteiger partial charge is 0.462 e. The maximum atomic E-state index is 12.4. The molecule has 0 aromatic heterocycles. The van der Waals surface area contributed by atoms with E-state index in [1.54, 1.807) is 36.4 Å². The number of hydrogen-bond acceptors (Lipinski definition) is 4. The van der Waals surface area contributed by atoms with E-state index in [-0.39, 0.29) is 11.1 Å². The molecule has 2 rings (SSSR count). The molecule has 0 aliphatic carbocycles. The molecule has 0 fully saturated rings. The molecule has 0 N–H and O–H groups in total. The normalized spacial score (nSPS) is 10.2. The van der Waals surface area contributed by atoms with E-state index in [2.05, 4.69) is 6.92 Å². The number of halogens is 1. The van der Waals surface area contributed by atoms with E-state index in [1.165, 1.54) is 12.1 Å². The number of hydrogen-bond donors (Lipinski definition) is 0. The summed E-state index contributed by atoms with van der Waals surface area (Å²) in [5, 5.41) is 0.462. The fraction of sp³-hybridized carbons (Fsp3) is 0.263. The summed E-state index contributed by atoms with van der Waals surface area (Å²) in [4.78, 5) is 24.5. The molecule has 0 radical (unpaired) electrons. The second kappa shape index (κ2) is 9.08. The van der Waals surface area contributed by atoms with Gasteiger partial charge in [0, 0.05) is 5.02 Å². The van der Waals surface area contributed by atoms with Gasteiger partial charge in [0.2, 0.25) is 0 Å². The van der Waals surface area contributed by atoms with Crippen molar-refractivity contribution in [2.75, 3.05) is 6.61 Å². The Morgan fingerprint density at radius 3 is 2.33 bits per heavy atom. The lowest BCUT2D eigenvalue weighted by molar-refractivity contribution is 0.0490. The molecule has 24 heavy (non-hydrogen) atoms. The van der Waals surface area contributed by atoms with Crippen molar-refractivity contribution in [3.05, 3.63) is 64.7 Å². The van der Waals surface area contributed by atoms with Gasteiger partial charge in [-0.15, -0.1) is 0 Å². The topological polar surface area (TPSA) is 52.6 Å². The third-order valence-corrected chi connectivity index (χ3v) is 3.59. The highest BCUT2D eigenvalue weighted by atomic mass is 35.5. The molecule has 2 aromatic carbocycles. The summed E-state index contributed by atoms with van der Waals surface area (Å²) in [5.74, 6) is -0.832. The van der Waals surface area contributed by atoms with Crippen molar-refractivity contribution in [2.24, 2.45) is 0 Å². The molecule has 0 saturated heterocycles. The van der Waals surface area contributed by atoms with Crippen LogP contribution in [0.1, 0.15) is 46.9 Å². The fourth-order valence-corrected chi connectivity index (χ4v) is 2.31. The monoisotopic (exact) mass is 346 g/mol. The Bertz CT molecular complexity index is 712. The summed E-state index contributed by atoms with van der Waals surface area (Å²) in [6.07, 6.45) is 2.84. The Labute approximate surface area is 146 Å². The average molecular weight is 347 g/mol. The number of benzene rings is 2. The van der Waals surface area contributed by atoms with Gasteiger partial charge in [-0.3, -0.25) is 0 Å². The van der Waals surface area contributed by atoms with Gasteiger partial charge in [-0.05, 0) is 36.8 Å². The Balaban J connectivity index is 2.09. The maximum absolute atomic E-state index is 12.4. The lowest BCUT2D eigenvalue weighted by atomic mass is 10.1. The van der Waals surface area contributed by atoms with Gasteiger partial charge in [-0.25, -0.2) is 9.59 Å². The molecule has 0 aliphatic heterocycles. The van der Waals surface area contributed by atoms with Crippen molar-refractivity contribution in [3.8, 4) is 5.75 Å². The summed E-state index contributed by atoms with van der Waals surface area (Å²) < 4.78 is 10.5. The molecule has 5 heteroatoms. The maximum Gasteiger partial charge on any atom is 0.344 e. The third kappa shape index (κ3) is 5.10. The predicted octanol–water partition coefficient (Wildman–Crippen LogP) is 4.91. The standard InChI is InChI=1S/C19H19ClO4/c1-2-3-6-12-23-18(21)16-10-4-5-11-17(16)19(22)24-15-9-7-8-14(20)13-15/h4-5,7-11,13H,2-3,6,12H2,1H3. The number of carbonyl (C=O) groups excluding carboxylic acids is 2. The van der Waals surface area contributed by atoms with Gasteiger partial charge in [0.15, 0.2) is 0 Å². The zero-order chi connectivity index (χ0) is 17.4. The number of esters is 2. The highest BCUT2D eigenvalue weighted by Crippen LogP contribution is 2.20. The molecule has 0 bridgehead atoms. The fourth-order valence-electron chi connectivity index (χ4n) is 2.13. The van der Waals surface area contributed by atoms with Crippen LogP contribution < -0.4 is 4.74 Å². The van der Waals surface area contributed by atoms with E-state index >= 15 is 0 Å². The van der Waals surface area contributed by atoms with Crippen LogP contribution in [0.4, 0.5) is 0 Å². The quantitative estimate of drug-likeness (QED) is 0.406. The summed E-state index contributed by atoms with van der Waals surface area (Å²) >= 11 is 5.87. The van der Waals surface area contributed by atoms with Crippen LogP contribution in [0, 0.1) is 0 Å². The second-order valence-electron chi connectivity index (χ2n) is 5.24. The minimum Gasteiger partial charge on any atom is -0.462 e. The Hall–Kier alpha value is -2.33. The van der Waals surface area contributed by atoms with Gasteiger partial charge in [-0.1, -0.05) is 49.6 Å². The van der Waals surface area contributed by atoms with Crippen molar-refractivity contribution in [2.45, 2.75) is 26.2 Å². The lowest BCUT2D eigenvalue weighted by Gasteiger charge is -2.09. The van der Waals surface area contributed by atoms with Gasteiger partial charge in [0.25, 0.3) is 0 Å². The van der Waals surface area contributed by atoms with Gasteiger partial charge in [0.05, 0.1) is 17.7 Å². The summed E-state index contributed by atoms with van der Waals surface area (Å²) in [6, 6.07) is 13.0. The van der Waals surface area contributed by atoms with Crippen LogP contribution in [0.3, 0.4) is 0 Å². The van der Waals surface area contributed by atoms with Crippen LogP contribution in [0.25, 0.3) is 0 Å². The van der Waals surface area contributed by atoms with Gasteiger partial charge < -0.3 is 9.47 Å². The van der Waals surface area contributed by atoms with Crippen molar-refractivity contribution in [1.29, 1.82) is 0 Å². The molecule has 0 saturated carbocycles. The Morgan fingerprint density at radius 2 is 1.67 bits per heavy atom. The molecule has 2 aromatic rings. The first kappa shape index (κ1) is 18.0. The molecule has 0 unspecified atom stereocenters. The van der Waals surface area contributed by atoms with Crippen molar-refractivity contribution in [1.82, 2.24) is 0 Å². The molecule has 0 aliphatic rings. The molecule has 0 atom stereocenters. The van der Waals surface area contributed by atoms with Crippen molar-refractivity contribution < 1.29 is 19.1 Å². The van der Waals surface area contributed by atoms with E-state index < -0.39 is 11.9 Å². The number of ether oxygens (including phenoxy) is 2. The molecule has 0 spiro atoms. The zero-order valence-electron chi connectivity index (χ0n) is 13.5. The van der Waals surface area contributed by atoms with Crippen LogP contribution in [0.5, 0.6) is 5.75 Å². The molecular formula is C19H19ClO4. The average Bonchev–Trinajstić information content (AvgIpc) is 2.58. The number of unbranched alkanes of at least 4 members (excludes halogenated alkanes) is 2. The number of carbonyl (C=O) groups is 2. The SMILES string of the molecule is CCCCCOC(=O)c1ccccc1C(=O)Oc1cccc(Cl)c1. The van der Waals surface area contributed by atoms with E-state index in [4.69, 9.17) is 21.1 Å². The molecular weight excluding hydrogens is 328 g/mol. The minimum absolute atomic E-state index is 0.165. The van der Waals surface area contributed by atoms with Crippen LogP contribution >= 0.6 is 11.6 Å². The van der Waals surface area contributed by atoms with Gasteiger partial charge >= 0.3 is 11.9 Å². The number of rotatable bonds is 7. The first-order valence-electron chi connectivity index (χ1n) is 7.85.